The van der Waals surface area contributed by atoms with Gasteiger partial charge in [0.25, 0.3) is 0 Å². The van der Waals surface area contributed by atoms with Crippen molar-refractivity contribution >= 4 is 5.69 Å². The first kappa shape index (κ1) is 14.3. The van der Waals surface area contributed by atoms with Crippen LogP contribution in [-0.2, 0) is 5.54 Å². The van der Waals surface area contributed by atoms with Gasteiger partial charge in [0.1, 0.15) is 0 Å². The number of hydrogen-bond acceptors (Lipinski definition) is 4. The number of aromatic nitrogens is 4. The second kappa shape index (κ2) is 5.97. The quantitative estimate of drug-likeness (QED) is 0.783. The summed E-state index contributed by atoms with van der Waals surface area (Å²) in [5, 5.41) is 15.9. The summed E-state index contributed by atoms with van der Waals surface area (Å²) in [6, 6.07) is 20.1. The van der Waals surface area contributed by atoms with Crippen LogP contribution in [-0.4, -0.2) is 20.2 Å². The Morgan fingerprint density at radius 3 is 2.27 bits per heavy atom. The lowest BCUT2D eigenvalue weighted by Crippen LogP contribution is -2.34. The molecule has 1 N–H and O–H groups in total. The number of anilines is 1. The molecule has 0 spiro atoms. The standard InChI is InChI=1S/C17H19N5/c1-3-17(2,18-14-10-6-4-7-11-14)16-19-20-21-22(16)15-12-8-5-9-13-15/h4-13,18H,3H2,1-2H3/t17-/m1/s1. The summed E-state index contributed by atoms with van der Waals surface area (Å²) >= 11 is 0. The minimum atomic E-state index is -0.360. The van der Waals surface area contributed by atoms with Gasteiger partial charge in [0, 0.05) is 5.69 Å². The van der Waals surface area contributed by atoms with Gasteiger partial charge in [0.15, 0.2) is 5.82 Å². The molecule has 0 bridgehead atoms. The molecule has 0 aliphatic heterocycles. The largest absolute Gasteiger partial charge is 0.373 e. The maximum atomic E-state index is 4.27. The predicted octanol–water partition coefficient (Wildman–Crippen LogP) is 3.40. The van der Waals surface area contributed by atoms with E-state index in [4.69, 9.17) is 0 Å². The summed E-state index contributed by atoms with van der Waals surface area (Å²) in [5.41, 5.74) is 1.65. The first-order valence-corrected chi connectivity index (χ1v) is 7.40. The Bertz CT molecular complexity index is 723. The van der Waals surface area contributed by atoms with Crippen LogP contribution in [0.1, 0.15) is 26.1 Å². The SMILES string of the molecule is CC[C@@](C)(Nc1ccccc1)c1nnnn1-c1ccccc1. The first-order chi connectivity index (χ1) is 10.7. The number of hydrogen-bond donors (Lipinski definition) is 1. The molecule has 2 aromatic carbocycles. The normalized spacial score (nSPS) is 13.5. The van der Waals surface area contributed by atoms with Gasteiger partial charge in [0.2, 0.25) is 0 Å². The molecule has 5 heteroatoms. The Balaban J connectivity index is 1.99. The highest BCUT2D eigenvalue weighted by molar-refractivity contribution is 5.46. The van der Waals surface area contributed by atoms with Crippen molar-refractivity contribution in [2.45, 2.75) is 25.8 Å². The highest BCUT2D eigenvalue weighted by Gasteiger charge is 2.31. The molecule has 0 aliphatic rings. The summed E-state index contributed by atoms with van der Waals surface area (Å²) in [4.78, 5) is 0. The average molecular weight is 293 g/mol. The fourth-order valence-electron chi connectivity index (χ4n) is 2.42. The predicted molar refractivity (Wildman–Crippen MR) is 86.9 cm³/mol. The van der Waals surface area contributed by atoms with Crippen LogP contribution < -0.4 is 5.32 Å². The number of rotatable bonds is 5. The summed E-state index contributed by atoms with van der Waals surface area (Å²) in [5.74, 6) is 0.796. The summed E-state index contributed by atoms with van der Waals surface area (Å²) in [7, 11) is 0. The molecule has 0 aliphatic carbocycles. The Morgan fingerprint density at radius 1 is 1.00 bits per heavy atom. The average Bonchev–Trinajstić information content (AvgIpc) is 3.07. The van der Waals surface area contributed by atoms with Gasteiger partial charge in [-0.1, -0.05) is 43.3 Å². The van der Waals surface area contributed by atoms with Crippen molar-refractivity contribution in [3.8, 4) is 5.69 Å². The summed E-state index contributed by atoms with van der Waals surface area (Å²) < 4.78 is 1.79. The zero-order valence-electron chi connectivity index (χ0n) is 12.8. The molecule has 3 rings (SSSR count). The zero-order chi connectivity index (χ0) is 15.4. The van der Waals surface area contributed by atoms with Crippen molar-refractivity contribution in [3.63, 3.8) is 0 Å². The molecule has 0 amide bonds. The third kappa shape index (κ3) is 2.70. The third-order valence-corrected chi connectivity index (χ3v) is 3.86. The minimum Gasteiger partial charge on any atom is -0.373 e. The van der Waals surface area contributed by atoms with E-state index in [9.17, 15) is 0 Å². The van der Waals surface area contributed by atoms with E-state index in [-0.39, 0.29) is 5.54 Å². The topological polar surface area (TPSA) is 55.6 Å². The lowest BCUT2D eigenvalue weighted by atomic mass is 9.97. The van der Waals surface area contributed by atoms with Gasteiger partial charge in [-0.2, -0.15) is 4.68 Å². The van der Waals surface area contributed by atoms with Gasteiger partial charge >= 0.3 is 0 Å². The second-order valence-corrected chi connectivity index (χ2v) is 5.43. The maximum Gasteiger partial charge on any atom is 0.181 e. The van der Waals surface area contributed by atoms with Gasteiger partial charge in [-0.3, -0.25) is 0 Å². The van der Waals surface area contributed by atoms with E-state index in [0.29, 0.717) is 0 Å². The molecule has 0 fully saturated rings. The lowest BCUT2D eigenvalue weighted by Gasteiger charge is -2.29. The van der Waals surface area contributed by atoms with E-state index in [2.05, 4.69) is 34.7 Å². The van der Waals surface area contributed by atoms with Crippen LogP contribution >= 0.6 is 0 Å². The molecule has 112 valence electrons. The molecule has 0 saturated heterocycles. The van der Waals surface area contributed by atoms with E-state index in [0.717, 1.165) is 23.6 Å². The van der Waals surface area contributed by atoms with Crippen molar-refractivity contribution in [1.82, 2.24) is 20.2 Å². The Morgan fingerprint density at radius 2 is 1.64 bits per heavy atom. The molecule has 5 nitrogen and oxygen atoms in total. The van der Waals surface area contributed by atoms with Crippen LogP contribution in [0.25, 0.3) is 5.69 Å². The molecular formula is C17H19N5. The van der Waals surface area contributed by atoms with E-state index in [1.165, 1.54) is 0 Å². The highest BCUT2D eigenvalue weighted by atomic mass is 15.6. The molecule has 0 radical (unpaired) electrons. The number of nitrogens with zero attached hydrogens (tertiary/aromatic N) is 4. The third-order valence-electron chi connectivity index (χ3n) is 3.86. The van der Waals surface area contributed by atoms with Crippen LogP contribution in [0, 0.1) is 0 Å². The molecule has 0 unspecified atom stereocenters. The van der Waals surface area contributed by atoms with E-state index in [1.54, 1.807) is 4.68 Å². The zero-order valence-corrected chi connectivity index (χ0v) is 12.8. The molecule has 22 heavy (non-hydrogen) atoms. The number of benzene rings is 2. The summed E-state index contributed by atoms with van der Waals surface area (Å²) in [6.45, 7) is 4.24. The molecular weight excluding hydrogens is 274 g/mol. The van der Waals surface area contributed by atoms with Crippen LogP contribution in [0.3, 0.4) is 0 Å². The van der Waals surface area contributed by atoms with Crippen molar-refractivity contribution in [2.75, 3.05) is 5.32 Å². The molecule has 1 heterocycles. The number of nitrogens with one attached hydrogen (secondary N) is 1. The molecule has 1 aromatic heterocycles. The van der Waals surface area contributed by atoms with Crippen LogP contribution in [0.5, 0.6) is 0 Å². The van der Waals surface area contributed by atoms with E-state index < -0.39 is 0 Å². The highest BCUT2D eigenvalue weighted by Crippen LogP contribution is 2.28. The van der Waals surface area contributed by atoms with E-state index >= 15 is 0 Å². The fourth-order valence-corrected chi connectivity index (χ4v) is 2.42. The van der Waals surface area contributed by atoms with Gasteiger partial charge in [-0.25, -0.2) is 0 Å². The Hall–Kier alpha value is -2.69. The number of para-hydroxylation sites is 2. The Labute approximate surface area is 130 Å². The molecule has 0 saturated carbocycles. The van der Waals surface area contributed by atoms with Gasteiger partial charge in [-0.15, -0.1) is 5.10 Å². The lowest BCUT2D eigenvalue weighted by molar-refractivity contribution is 0.474. The van der Waals surface area contributed by atoms with Gasteiger partial charge in [0.05, 0.1) is 11.2 Å². The maximum absolute atomic E-state index is 4.27. The van der Waals surface area contributed by atoms with Crippen molar-refractivity contribution in [1.29, 1.82) is 0 Å². The van der Waals surface area contributed by atoms with Gasteiger partial charge in [-0.05, 0) is 48.0 Å². The smallest absolute Gasteiger partial charge is 0.181 e. The minimum absolute atomic E-state index is 0.360. The molecule has 3 aromatic rings. The second-order valence-electron chi connectivity index (χ2n) is 5.43. The van der Waals surface area contributed by atoms with Crippen LogP contribution in [0.15, 0.2) is 60.7 Å². The van der Waals surface area contributed by atoms with Gasteiger partial charge < -0.3 is 5.32 Å². The van der Waals surface area contributed by atoms with E-state index in [1.807, 2.05) is 60.7 Å². The monoisotopic (exact) mass is 293 g/mol. The first-order valence-electron chi connectivity index (χ1n) is 7.40. The van der Waals surface area contributed by atoms with Crippen molar-refractivity contribution in [3.05, 3.63) is 66.5 Å². The van der Waals surface area contributed by atoms with Crippen LogP contribution in [0.4, 0.5) is 5.69 Å². The Kier molecular flexibility index (Phi) is 3.87. The van der Waals surface area contributed by atoms with Crippen LogP contribution in [0.2, 0.25) is 0 Å². The molecule has 1 atom stereocenters. The van der Waals surface area contributed by atoms with Crippen molar-refractivity contribution in [2.24, 2.45) is 0 Å². The summed E-state index contributed by atoms with van der Waals surface area (Å²) in [6.07, 6.45) is 0.856. The van der Waals surface area contributed by atoms with Crippen molar-refractivity contribution < 1.29 is 0 Å². The number of tetrazole rings is 1. The fraction of sp³-hybridized carbons (Fsp3) is 0.235.